The summed E-state index contributed by atoms with van der Waals surface area (Å²) in [6.45, 7) is -0.444. The minimum absolute atomic E-state index is 0.181. The largest absolute Gasteiger partial charge is 0.451 e. The van der Waals surface area contributed by atoms with Crippen LogP contribution in [0.3, 0.4) is 0 Å². The second-order valence-electron chi connectivity index (χ2n) is 7.17. The van der Waals surface area contributed by atoms with Gasteiger partial charge in [-0.3, -0.25) is 4.79 Å². The molecule has 2 aromatic rings. The lowest BCUT2D eigenvalue weighted by molar-refractivity contribution is -0.121. The first-order valence-electron chi connectivity index (χ1n) is 9.50. The molecule has 1 atom stereocenters. The number of fused-ring (bicyclic) bond motifs is 1. The van der Waals surface area contributed by atoms with E-state index in [1.54, 1.807) is 24.3 Å². The van der Waals surface area contributed by atoms with Gasteiger partial charge in [-0.25, -0.2) is 13.2 Å². The molecule has 1 amide bonds. The first kappa shape index (κ1) is 19.8. The zero-order chi connectivity index (χ0) is 20.4. The number of esters is 1. The molecule has 0 bridgehead atoms. The van der Waals surface area contributed by atoms with Gasteiger partial charge in [-0.15, -0.1) is 11.3 Å². The molecular formula is C21H21NO5S2. The number of benzene rings is 1. The van der Waals surface area contributed by atoms with Crippen LogP contribution < -0.4 is 4.90 Å². The van der Waals surface area contributed by atoms with Gasteiger partial charge in [0.15, 0.2) is 16.4 Å². The van der Waals surface area contributed by atoms with Gasteiger partial charge >= 0.3 is 5.97 Å². The summed E-state index contributed by atoms with van der Waals surface area (Å²) in [6.07, 6.45) is 5.71. The maximum atomic E-state index is 12.9. The van der Waals surface area contributed by atoms with Crippen molar-refractivity contribution in [3.05, 3.63) is 63.2 Å². The van der Waals surface area contributed by atoms with Crippen LogP contribution in [0.1, 0.15) is 33.0 Å². The van der Waals surface area contributed by atoms with E-state index in [0.717, 1.165) is 31.1 Å². The lowest BCUT2D eigenvalue weighted by atomic mass is 9.99. The van der Waals surface area contributed by atoms with Gasteiger partial charge in [-0.1, -0.05) is 18.2 Å². The molecule has 1 aromatic heterocycles. The average molecular weight is 432 g/mol. The number of carbonyl (C=O) groups is 2. The Morgan fingerprint density at radius 3 is 2.59 bits per heavy atom. The Morgan fingerprint density at radius 1 is 1.14 bits per heavy atom. The van der Waals surface area contributed by atoms with Crippen molar-refractivity contribution < 1.29 is 22.7 Å². The van der Waals surface area contributed by atoms with Gasteiger partial charge in [-0.2, -0.15) is 0 Å². The summed E-state index contributed by atoms with van der Waals surface area (Å²) in [4.78, 5) is 28.5. The lowest BCUT2D eigenvalue weighted by Gasteiger charge is -2.27. The predicted octanol–water partition coefficient (Wildman–Crippen LogP) is 3.13. The average Bonchev–Trinajstić information content (AvgIpc) is 3.30. The SMILES string of the molecule is O=C(OCC(=O)N(c1ccccc1)C1C=CS(=O)(=O)C1)c1cc2c(s1)CCCC2. The molecule has 2 aliphatic rings. The van der Waals surface area contributed by atoms with Crippen molar-refractivity contribution in [3.63, 3.8) is 0 Å². The third-order valence-electron chi connectivity index (χ3n) is 5.07. The van der Waals surface area contributed by atoms with Crippen LogP contribution >= 0.6 is 11.3 Å². The van der Waals surface area contributed by atoms with E-state index in [4.69, 9.17) is 4.74 Å². The van der Waals surface area contributed by atoms with Crippen LogP contribution in [0.4, 0.5) is 5.69 Å². The fraction of sp³-hybridized carbons (Fsp3) is 0.333. The molecule has 0 spiro atoms. The topological polar surface area (TPSA) is 80.8 Å². The fourth-order valence-electron chi connectivity index (χ4n) is 3.69. The number of para-hydroxylation sites is 1. The molecule has 4 rings (SSSR count). The van der Waals surface area contributed by atoms with Crippen LogP contribution in [0, 0.1) is 0 Å². The number of anilines is 1. The first-order valence-corrected chi connectivity index (χ1v) is 12.0. The number of ether oxygens (including phenoxy) is 1. The summed E-state index contributed by atoms with van der Waals surface area (Å²) < 4.78 is 29.0. The number of rotatable bonds is 5. The third kappa shape index (κ3) is 4.43. The van der Waals surface area contributed by atoms with Crippen LogP contribution in [-0.4, -0.2) is 38.7 Å². The predicted molar refractivity (Wildman–Crippen MR) is 112 cm³/mol. The molecule has 0 radical (unpaired) electrons. The molecule has 1 aliphatic heterocycles. The number of carbonyl (C=O) groups excluding carboxylic acids is 2. The third-order valence-corrected chi connectivity index (χ3v) is 7.67. The number of amides is 1. The molecule has 152 valence electrons. The van der Waals surface area contributed by atoms with E-state index in [0.29, 0.717) is 10.6 Å². The molecule has 2 heterocycles. The molecule has 1 unspecified atom stereocenters. The minimum atomic E-state index is -3.34. The van der Waals surface area contributed by atoms with Crippen LogP contribution in [0.15, 0.2) is 47.9 Å². The van der Waals surface area contributed by atoms with Crippen molar-refractivity contribution in [3.8, 4) is 0 Å². The van der Waals surface area contributed by atoms with Crippen molar-refractivity contribution in [2.45, 2.75) is 31.7 Å². The molecular weight excluding hydrogens is 410 g/mol. The Labute approximate surface area is 173 Å². The number of hydrogen-bond acceptors (Lipinski definition) is 6. The van der Waals surface area contributed by atoms with Gasteiger partial charge < -0.3 is 9.64 Å². The van der Waals surface area contributed by atoms with Crippen LogP contribution in [-0.2, 0) is 32.2 Å². The summed E-state index contributed by atoms with van der Waals surface area (Å²) in [5.41, 5.74) is 1.76. The fourth-order valence-corrected chi connectivity index (χ4v) is 6.10. The summed E-state index contributed by atoms with van der Waals surface area (Å²) in [6, 6.07) is 10.1. The van der Waals surface area contributed by atoms with Gasteiger partial charge in [0.2, 0.25) is 0 Å². The summed E-state index contributed by atoms with van der Waals surface area (Å²) in [5.74, 6) is -1.16. The van der Waals surface area contributed by atoms with Crippen molar-refractivity contribution in [2.24, 2.45) is 0 Å². The summed E-state index contributed by atoms with van der Waals surface area (Å²) in [7, 11) is -3.34. The highest BCUT2D eigenvalue weighted by atomic mass is 32.2. The van der Waals surface area contributed by atoms with E-state index in [-0.39, 0.29) is 5.75 Å². The second-order valence-corrected chi connectivity index (χ2v) is 10.2. The lowest BCUT2D eigenvalue weighted by Crippen LogP contribution is -2.43. The first-order chi connectivity index (χ1) is 13.9. The van der Waals surface area contributed by atoms with Crippen LogP contribution in [0.25, 0.3) is 0 Å². The number of aryl methyl sites for hydroxylation is 2. The van der Waals surface area contributed by atoms with E-state index < -0.39 is 34.4 Å². The molecule has 0 saturated carbocycles. The monoisotopic (exact) mass is 431 g/mol. The molecule has 1 aromatic carbocycles. The Balaban J connectivity index is 1.47. The smallest absolute Gasteiger partial charge is 0.348 e. The molecule has 0 saturated heterocycles. The van der Waals surface area contributed by atoms with Crippen LogP contribution in [0.2, 0.25) is 0 Å². The van der Waals surface area contributed by atoms with Crippen molar-refractivity contribution in [1.82, 2.24) is 0 Å². The maximum Gasteiger partial charge on any atom is 0.348 e. The van der Waals surface area contributed by atoms with Crippen molar-refractivity contribution >= 4 is 38.7 Å². The number of thiophene rings is 1. The molecule has 29 heavy (non-hydrogen) atoms. The summed E-state index contributed by atoms with van der Waals surface area (Å²) in [5, 5.41) is 1.13. The van der Waals surface area contributed by atoms with E-state index in [1.807, 2.05) is 12.1 Å². The van der Waals surface area contributed by atoms with Gasteiger partial charge in [0.1, 0.15) is 4.88 Å². The molecule has 1 aliphatic carbocycles. The minimum Gasteiger partial charge on any atom is -0.451 e. The number of hydrogen-bond donors (Lipinski definition) is 0. The maximum absolute atomic E-state index is 12.9. The molecule has 6 nitrogen and oxygen atoms in total. The Kier molecular flexibility index (Phi) is 5.56. The van der Waals surface area contributed by atoms with Gasteiger partial charge in [0, 0.05) is 16.0 Å². The standard InChI is InChI=1S/C21H21NO5S2/c23-20(13-27-21(24)19-12-15-6-4-5-9-18(15)28-19)22(16-7-2-1-3-8-16)17-10-11-29(25,26)14-17/h1-3,7-8,10-12,17H,4-6,9,13-14H2. The zero-order valence-electron chi connectivity index (χ0n) is 15.7. The summed E-state index contributed by atoms with van der Waals surface area (Å²) >= 11 is 1.44. The van der Waals surface area contributed by atoms with Gasteiger partial charge in [-0.05, 0) is 55.5 Å². The van der Waals surface area contributed by atoms with Gasteiger partial charge in [0.05, 0.1) is 11.8 Å². The number of sulfone groups is 1. The zero-order valence-corrected chi connectivity index (χ0v) is 17.4. The second kappa shape index (κ2) is 8.12. The normalized spacial score (nSPS) is 19.5. The Morgan fingerprint density at radius 2 is 1.90 bits per heavy atom. The number of nitrogens with zero attached hydrogens (tertiary/aromatic N) is 1. The highest BCUT2D eigenvalue weighted by molar-refractivity contribution is 7.94. The van der Waals surface area contributed by atoms with E-state index in [1.165, 1.54) is 32.8 Å². The van der Waals surface area contributed by atoms with E-state index in [9.17, 15) is 18.0 Å². The van der Waals surface area contributed by atoms with Gasteiger partial charge in [0.25, 0.3) is 5.91 Å². The van der Waals surface area contributed by atoms with Crippen molar-refractivity contribution in [2.75, 3.05) is 17.3 Å². The van der Waals surface area contributed by atoms with E-state index in [2.05, 4.69) is 0 Å². The quantitative estimate of drug-likeness (QED) is 0.680. The Hall–Kier alpha value is -2.45. The molecule has 8 heteroatoms. The van der Waals surface area contributed by atoms with E-state index >= 15 is 0 Å². The highest BCUT2D eigenvalue weighted by Crippen LogP contribution is 2.30. The van der Waals surface area contributed by atoms with Crippen molar-refractivity contribution in [1.29, 1.82) is 0 Å². The molecule has 0 N–H and O–H groups in total. The van der Waals surface area contributed by atoms with Crippen LogP contribution in [0.5, 0.6) is 0 Å². The highest BCUT2D eigenvalue weighted by Gasteiger charge is 2.32. The Bertz CT molecular complexity index is 1030. The molecule has 0 fully saturated rings.